The Morgan fingerprint density at radius 3 is 2.52 bits per heavy atom. The van der Waals surface area contributed by atoms with E-state index in [-0.39, 0.29) is 11.4 Å². The third-order valence-corrected chi connectivity index (χ3v) is 3.57. The van der Waals surface area contributed by atoms with E-state index in [9.17, 15) is 19.6 Å². The standard InChI is InChI=1S/C20H12FNO3/c21-17-6-4-13(5-7-17)16(12-22)11-18-8-9-19(25-18)14-2-1-3-15(10-14)20(23)24/h1-11H,(H,23,24)/p-1/b16-11+. The molecule has 2 aromatic carbocycles. The summed E-state index contributed by atoms with van der Waals surface area (Å²) in [7, 11) is 0. The van der Waals surface area contributed by atoms with Crippen molar-refractivity contribution in [3.8, 4) is 17.4 Å². The minimum absolute atomic E-state index is 0.0509. The summed E-state index contributed by atoms with van der Waals surface area (Å²) in [6.07, 6.45) is 1.54. The van der Waals surface area contributed by atoms with Crippen LogP contribution in [-0.4, -0.2) is 5.97 Å². The molecule has 1 heterocycles. The molecule has 4 nitrogen and oxygen atoms in total. The second kappa shape index (κ2) is 6.85. The molecule has 3 aromatic rings. The van der Waals surface area contributed by atoms with Crippen LogP contribution < -0.4 is 5.11 Å². The summed E-state index contributed by atoms with van der Waals surface area (Å²) >= 11 is 0. The quantitative estimate of drug-likeness (QED) is 0.685. The lowest BCUT2D eigenvalue weighted by atomic mass is 10.1. The lowest BCUT2D eigenvalue weighted by Crippen LogP contribution is -2.22. The maximum Gasteiger partial charge on any atom is 0.134 e. The Hall–Kier alpha value is -3.65. The third kappa shape index (κ3) is 3.65. The lowest BCUT2D eigenvalue weighted by Gasteiger charge is -2.03. The van der Waals surface area contributed by atoms with Gasteiger partial charge in [-0.3, -0.25) is 0 Å². The highest BCUT2D eigenvalue weighted by molar-refractivity contribution is 5.89. The van der Waals surface area contributed by atoms with Gasteiger partial charge in [-0.1, -0.05) is 30.3 Å². The van der Waals surface area contributed by atoms with Crippen molar-refractivity contribution in [1.82, 2.24) is 0 Å². The molecule has 0 fully saturated rings. The van der Waals surface area contributed by atoms with E-state index >= 15 is 0 Å². The Morgan fingerprint density at radius 2 is 1.84 bits per heavy atom. The highest BCUT2D eigenvalue weighted by Gasteiger charge is 2.07. The molecule has 0 spiro atoms. The molecule has 0 bridgehead atoms. The number of nitrogens with zero attached hydrogens (tertiary/aromatic N) is 1. The van der Waals surface area contributed by atoms with E-state index in [4.69, 9.17) is 4.42 Å². The van der Waals surface area contributed by atoms with Gasteiger partial charge in [0.05, 0.1) is 17.6 Å². The van der Waals surface area contributed by atoms with E-state index < -0.39 is 5.97 Å². The maximum absolute atomic E-state index is 13.0. The van der Waals surface area contributed by atoms with Crippen molar-refractivity contribution in [2.24, 2.45) is 0 Å². The minimum atomic E-state index is -1.27. The van der Waals surface area contributed by atoms with Gasteiger partial charge >= 0.3 is 0 Å². The molecule has 3 rings (SSSR count). The third-order valence-electron chi connectivity index (χ3n) is 3.57. The van der Waals surface area contributed by atoms with Crippen LogP contribution in [0.15, 0.2) is 65.1 Å². The van der Waals surface area contributed by atoms with Crippen LogP contribution in [0.1, 0.15) is 21.7 Å². The Bertz CT molecular complexity index is 994. The van der Waals surface area contributed by atoms with Gasteiger partial charge in [0.1, 0.15) is 17.3 Å². The normalized spacial score (nSPS) is 11.1. The molecule has 0 saturated carbocycles. The van der Waals surface area contributed by atoms with Crippen molar-refractivity contribution >= 4 is 17.6 Å². The Labute approximate surface area is 143 Å². The fourth-order valence-electron chi connectivity index (χ4n) is 2.34. The van der Waals surface area contributed by atoms with E-state index in [0.29, 0.717) is 28.2 Å². The zero-order valence-electron chi connectivity index (χ0n) is 12.9. The Balaban J connectivity index is 1.93. The van der Waals surface area contributed by atoms with Gasteiger partial charge in [0.25, 0.3) is 0 Å². The lowest BCUT2D eigenvalue weighted by molar-refractivity contribution is -0.255. The van der Waals surface area contributed by atoms with Crippen molar-refractivity contribution in [3.63, 3.8) is 0 Å². The van der Waals surface area contributed by atoms with Crippen molar-refractivity contribution in [3.05, 3.63) is 83.4 Å². The topological polar surface area (TPSA) is 77.1 Å². The summed E-state index contributed by atoms with van der Waals surface area (Å²) in [5, 5.41) is 20.2. The number of carbonyl (C=O) groups is 1. The van der Waals surface area contributed by atoms with Gasteiger partial charge in [0, 0.05) is 5.56 Å². The predicted octanol–water partition coefficient (Wildman–Crippen LogP) is 3.51. The van der Waals surface area contributed by atoms with Crippen molar-refractivity contribution < 1.29 is 18.7 Å². The first kappa shape index (κ1) is 16.2. The number of carboxylic acid groups (broad SMARTS) is 1. The van der Waals surface area contributed by atoms with Gasteiger partial charge in [-0.15, -0.1) is 0 Å². The monoisotopic (exact) mass is 332 g/mol. The van der Waals surface area contributed by atoms with Gasteiger partial charge in [-0.25, -0.2) is 4.39 Å². The van der Waals surface area contributed by atoms with E-state index in [1.165, 1.54) is 36.4 Å². The second-order valence-electron chi connectivity index (χ2n) is 5.25. The summed E-state index contributed by atoms with van der Waals surface area (Å²) < 4.78 is 18.7. The molecule has 0 aliphatic carbocycles. The molecule has 122 valence electrons. The molecule has 0 atom stereocenters. The van der Waals surface area contributed by atoms with Gasteiger partial charge in [-0.2, -0.15) is 5.26 Å². The smallest absolute Gasteiger partial charge is 0.134 e. The molecule has 0 N–H and O–H groups in total. The largest absolute Gasteiger partial charge is 0.545 e. The average Bonchev–Trinajstić information content (AvgIpc) is 3.09. The van der Waals surface area contributed by atoms with Gasteiger partial charge < -0.3 is 14.3 Å². The van der Waals surface area contributed by atoms with Crippen LogP contribution in [0.3, 0.4) is 0 Å². The molecule has 5 heteroatoms. The molecule has 25 heavy (non-hydrogen) atoms. The summed E-state index contributed by atoms with van der Waals surface area (Å²) in [4.78, 5) is 10.9. The van der Waals surface area contributed by atoms with Gasteiger partial charge in [0.15, 0.2) is 0 Å². The Morgan fingerprint density at radius 1 is 1.08 bits per heavy atom. The molecule has 0 aliphatic rings. The van der Waals surface area contributed by atoms with Gasteiger partial charge in [0.2, 0.25) is 0 Å². The van der Waals surface area contributed by atoms with Crippen LogP contribution in [0.2, 0.25) is 0 Å². The van der Waals surface area contributed by atoms with Crippen LogP contribution in [-0.2, 0) is 0 Å². The van der Waals surface area contributed by atoms with E-state index in [0.717, 1.165) is 0 Å². The highest BCUT2D eigenvalue weighted by Crippen LogP contribution is 2.26. The number of hydrogen-bond donors (Lipinski definition) is 0. The van der Waals surface area contributed by atoms with Crippen molar-refractivity contribution in [1.29, 1.82) is 5.26 Å². The first-order valence-corrected chi connectivity index (χ1v) is 7.36. The summed E-state index contributed by atoms with van der Waals surface area (Å²) in [5.74, 6) is -0.758. The molecular weight excluding hydrogens is 321 g/mol. The fraction of sp³-hybridized carbons (Fsp3) is 0. The highest BCUT2D eigenvalue weighted by atomic mass is 19.1. The number of nitriles is 1. The first-order chi connectivity index (χ1) is 12.1. The van der Waals surface area contributed by atoms with Crippen molar-refractivity contribution in [2.45, 2.75) is 0 Å². The molecule has 0 unspecified atom stereocenters. The minimum Gasteiger partial charge on any atom is -0.545 e. The molecular formula is C20H11FNO3-. The number of carbonyl (C=O) groups excluding carboxylic acids is 1. The SMILES string of the molecule is N#C/C(=C\c1ccc(-c2cccc(C(=O)[O-])c2)o1)c1ccc(F)cc1. The van der Waals surface area contributed by atoms with Gasteiger partial charge in [-0.05, 0) is 47.5 Å². The predicted molar refractivity (Wildman–Crippen MR) is 88.4 cm³/mol. The number of allylic oxidation sites excluding steroid dienone is 1. The molecule has 0 radical (unpaired) electrons. The molecule has 1 aromatic heterocycles. The number of halogens is 1. The van der Waals surface area contributed by atoms with Crippen LogP contribution in [0, 0.1) is 17.1 Å². The first-order valence-electron chi connectivity index (χ1n) is 7.36. The van der Waals surface area contributed by atoms with Crippen LogP contribution in [0.5, 0.6) is 0 Å². The molecule has 0 saturated heterocycles. The molecule has 0 aliphatic heterocycles. The van der Waals surface area contributed by atoms with Crippen LogP contribution >= 0.6 is 0 Å². The summed E-state index contributed by atoms with van der Waals surface area (Å²) in [6.45, 7) is 0. The van der Waals surface area contributed by atoms with E-state index in [1.54, 1.807) is 30.3 Å². The zero-order valence-corrected chi connectivity index (χ0v) is 12.9. The van der Waals surface area contributed by atoms with E-state index in [1.807, 2.05) is 0 Å². The number of benzene rings is 2. The number of aromatic carboxylic acids is 1. The Kier molecular flexibility index (Phi) is 4.44. The maximum atomic E-state index is 13.0. The second-order valence-corrected chi connectivity index (χ2v) is 5.25. The zero-order chi connectivity index (χ0) is 17.8. The van der Waals surface area contributed by atoms with Crippen molar-refractivity contribution in [2.75, 3.05) is 0 Å². The number of furan rings is 1. The number of hydrogen-bond acceptors (Lipinski definition) is 4. The van der Waals surface area contributed by atoms with Crippen LogP contribution in [0.25, 0.3) is 23.0 Å². The molecule has 0 amide bonds. The number of rotatable bonds is 4. The summed E-state index contributed by atoms with van der Waals surface area (Å²) in [5.41, 5.74) is 1.53. The van der Waals surface area contributed by atoms with E-state index in [2.05, 4.69) is 6.07 Å². The van der Waals surface area contributed by atoms with Crippen LogP contribution in [0.4, 0.5) is 4.39 Å². The summed E-state index contributed by atoms with van der Waals surface area (Å²) in [6, 6.07) is 17.2. The fourth-order valence-corrected chi connectivity index (χ4v) is 2.34. The number of carboxylic acids is 1. The average molecular weight is 332 g/mol.